The van der Waals surface area contributed by atoms with Gasteiger partial charge in [0, 0.05) is 12.6 Å². The van der Waals surface area contributed by atoms with Gasteiger partial charge in [0.2, 0.25) is 0 Å². The molecular formula is C13H27NO. The quantitative estimate of drug-likeness (QED) is 0.762. The van der Waals surface area contributed by atoms with Crippen LogP contribution in [0.2, 0.25) is 0 Å². The SMILES string of the molecule is CC(C)(C)CN1CCCCC1C(C)(C)O. The van der Waals surface area contributed by atoms with Gasteiger partial charge in [-0.05, 0) is 38.6 Å². The van der Waals surface area contributed by atoms with E-state index in [1.165, 1.54) is 12.8 Å². The second-order valence-corrected chi connectivity index (χ2v) is 6.70. The second-order valence-electron chi connectivity index (χ2n) is 6.70. The number of aliphatic hydroxyl groups is 1. The highest BCUT2D eigenvalue weighted by Gasteiger charge is 2.35. The van der Waals surface area contributed by atoms with E-state index in [2.05, 4.69) is 25.7 Å². The average molecular weight is 213 g/mol. The predicted octanol–water partition coefficient (Wildman–Crippen LogP) is 2.66. The predicted molar refractivity (Wildman–Crippen MR) is 65.0 cm³/mol. The van der Waals surface area contributed by atoms with Crippen molar-refractivity contribution in [2.75, 3.05) is 13.1 Å². The molecule has 0 aliphatic carbocycles. The Morgan fingerprint density at radius 2 is 1.73 bits per heavy atom. The van der Waals surface area contributed by atoms with E-state index in [9.17, 15) is 5.11 Å². The van der Waals surface area contributed by atoms with E-state index in [0.717, 1.165) is 19.5 Å². The second kappa shape index (κ2) is 4.42. The summed E-state index contributed by atoms with van der Waals surface area (Å²) in [6.45, 7) is 12.9. The fraction of sp³-hybridized carbons (Fsp3) is 1.00. The van der Waals surface area contributed by atoms with Gasteiger partial charge in [0.05, 0.1) is 5.60 Å². The first-order valence-corrected chi connectivity index (χ1v) is 6.16. The monoisotopic (exact) mass is 213 g/mol. The van der Waals surface area contributed by atoms with E-state index in [1.54, 1.807) is 0 Å². The average Bonchev–Trinajstić information content (AvgIpc) is 1.99. The first-order chi connectivity index (χ1) is 6.70. The molecule has 0 aromatic rings. The van der Waals surface area contributed by atoms with Crippen LogP contribution in [0.1, 0.15) is 53.9 Å². The summed E-state index contributed by atoms with van der Waals surface area (Å²) in [5, 5.41) is 10.2. The molecule has 1 atom stereocenters. The van der Waals surface area contributed by atoms with Crippen LogP contribution in [0.4, 0.5) is 0 Å². The topological polar surface area (TPSA) is 23.5 Å². The van der Waals surface area contributed by atoms with Crippen LogP contribution in [0.25, 0.3) is 0 Å². The number of piperidine rings is 1. The molecule has 0 amide bonds. The minimum absolute atomic E-state index is 0.320. The molecule has 0 spiro atoms. The van der Waals surface area contributed by atoms with Crippen molar-refractivity contribution in [3.8, 4) is 0 Å². The molecule has 1 aliphatic rings. The molecule has 1 rings (SSSR count). The van der Waals surface area contributed by atoms with Crippen molar-refractivity contribution in [2.45, 2.75) is 65.5 Å². The molecule has 15 heavy (non-hydrogen) atoms. The lowest BCUT2D eigenvalue weighted by molar-refractivity contribution is -0.0463. The minimum atomic E-state index is -0.564. The first-order valence-electron chi connectivity index (χ1n) is 6.16. The molecule has 1 fully saturated rings. The van der Waals surface area contributed by atoms with Gasteiger partial charge in [-0.2, -0.15) is 0 Å². The molecule has 0 aromatic carbocycles. The number of likely N-dealkylation sites (tertiary alicyclic amines) is 1. The summed E-state index contributed by atoms with van der Waals surface area (Å²) >= 11 is 0. The van der Waals surface area contributed by atoms with Gasteiger partial charge in [-0.25, -0.2) is 0 Å². The maximum Gasteiger partial charge on any atom is 0.0746 e. The maximum absolute atomic E-state index is 10.2. The smallest absolute Gasteiger partial charge is 0.0746 e. The van der Waals surface area contributed by atoms with Gasteiger partial charge in [-0.15, -0.1) is 0 Å². The molecule has 0 radical (unpaired) electrons. The van der Waals surface area contributed by atoms with E-state index in [4.69, 9.17) is 0 Å². The summed E-state index contributed by atoms with van der Waals surface area (Å²) in [5.41, 5.74) is -0.244. The number of nitrogens with zero attached hydrogens (tertiary/aromatic N) is 1. The zero-order valence-corrected chi connectivity index (χ0v) is 11.0. The number of hydrogen-bond donors (Lipinski definition) is 1. The van der Waals surface area contributed by atoms with Crippen molar-refractivity contribution in [3.05, 3.63) is 0 Å². The third-order valence-corrected chi connectivity index (χ3v) is 3.11. The Morgan fingerprint density at radius 3 is 2.20 bits per heavy atom. The molecule has 1 heterocycles. The van der Waals surface area contributed by atoms with Crippen LogP contribution < -0.4 is 0 Å². The highest BCUT2D eigenvalue weighted by Crippen LogP contribution is 2.28. The molecule has 0 bridgehead atoms. The molecular weight excluding hydrogens is 186 g/mol. The van der Waals surface area contributed by atoms with Gasteiger partial charge >= 0.3 is 0 Å². The van der Waals surface area contributed by atoms with Gasteiger partial charge in [0.1, 0.15) is 0 Å². The van der Waals surface area contributed by atoms with E-state index in [0.29, 0.717) is 11.5 Å². The van der Waals surface area contributed by atoms with Crippen LogP contribution in [-0.2, 0) is 0 Å². The highest BCUT2D eigenvalue weighted by atomic mass is 16.3. The Labute approximate surface area is 94.7 Å². The molecule has 1 N–H and O–H groups in total. The summed E-state index contributed by atoms with van der Waals surface area (Å²) in [5.74, 6) is 0. The fourth-order valence-corrected chi connectivity index (χ4v) is 2.59. The van der Waals surface area contributed by atoms with Crippen molar-refractivity contribution < 1.29 is 5.11 Å². The van der Waals surface area contributed by atoms with Crippen molar-refractivity contribution in [3.63, 3.8) is 0 Å². The van der Waals surface area contributed by atoms with Crippen LogP contribution in [0.15, 0.2) is 0 Å². The standard InChI is InChI=1S/C13H27NO/c1-12(2,3)10-14-9-7-6-8-11(14)13(4,5)15/h11,15H,6-10H2,1-5H3. The number of hydrogen-bond acceptors (Lipinski definition) is 2. The summed E-state index contributed by atoms with van der Waals surface area (Å²) in [4.78, 5) is 2.48. The molecule has 0 aromatic heterocycles. The Morgan fingerprint density at radius 1 is 1.13 bits per heavy atom. The van der Waals surface area contributed by atoms with Crippen molar-refractivity contribution in [2.24, 2.45) is 5.41 Å². The Kier molecular flexibility index (Phi) is 3.83. The van der Waals surface area contributed by atoms with Gasteiger partial charge in [-0.3, -0.25) is 4.90 Å². The third kappa shape index (κ3) is 4.12. The molecule has 2 heteroatoms. The van der Waals surface area contributed by atoms with Crippen molar-refractivity contribution >= 4 is 0 Å². The molecule has 90 valence electrons. The summed E-state index contributed by atoms with van der Waals surface area (Å²) in [7, 11) is 0. The fourth-order valence-electron chi connectivity index (χ4n) is 2.59. The van der Waals surface area contributed by atoms with Crippen LogP contribution >= 0.6 is 0 Å². The van der Waals surface area contributed by atoms with E-state index >= 15 is 0 Å². The Balaban J connectivity index is 2.66. The zero-order chi connectivity index (χ0) is 11.7. The molecule has 1 unspecified atom stereocenters. The lowest BCUT2D eigenvalue weighted by atomic mass is 9.86. The summed E-state index contributed by atoms with van der Waals surface area (Å²) < 4.78 is 0. The molecule has 1 saturated heterocycles. The van der Waals surface area contributed by atoms with Gasteiger partial charge in [0.25, 0.3) is 0 Å². The Hall–Kier alpha value is -0.0800. The van der Waals surface area contributed by atoms with Crippen LogP contribution in [0.3, 0.4) is 0 Å². The lowest BCUT2D eigenvalue weighted by Crippen LogP contribution is -2.53. The summed E-state index contributed by atoms with van der Waals surface area (Å²) in [6.07, 6.45) is 3.68. The largest absolute Gasteiger partial charge is 0.389 e. The van der Waals surface area contributed by atoms with Crippen molar-refractivity contribution in [1.82, 2.24) is 4.90 Å². The van der Waals surface area contributed by atoms with Crippen LogP contribution in [0, 0.1) is 5.41 Å². The van der Waals surface area contributed by atoms with Gasteiger partial charge in [-0.1, -0.05) is 27.2 Å². The summed E-state index contributed by atoms with van der Waals surface area (Å²) in [6, 6.07) is 0.338. The zero-order valence-electron chi connectivity index (χ0n) is 11.0. The third-order valence-electron chi connectivity index (χ3n) is 3.11. The molecule has 2 nitrogen and oxygen atoms in total. The first kappa shape index (κ1) is 13.0. The molecule has 0 saturated carbocycles. The van der Waals surface area contributed by atoms with E-state index < -0.39 is 5.60 Å². The Bertz CT molecular complexity index is 200. The number of rotatable bonds is 2. The van der Waals surface area contributed by atoms with E-state index in [-0.39, 0.29) is 0 Å². The van der Waals surface area contributed by atoms with Crippen LogP contribution in [-0.4, -0.2) is 34.7 Å². The molecule has 1 aliphatic heterocycles. The highest BCUT2D eigenvalue weighted by molar-refractivity contribution is 4.90. The van der Waals surface area contributed by atoms with Crippen molar-refractivity contribution in [1.29, 1.82) is 0 Å². The maximum atomic E-state index is 10.2. The van der Waals surface area contributed by atoms with Crippen LogP contribution in [0.5, 0.6) is 0 Å². The lowest BCUT2D eigenvalue weighted by Gasteiger charge is -2.44. The minimum Gasteiger partial charge on any atom is -0.389 e. The normalized spacial score (nSPS) is 25.6. The van der Waals surface area contributed by atoms with E-state index in [1.807, 2.05) is 13.8 Å². The van der Waals surface area contributed by atoms with Gasteiger partial charge in [0.15, 0.2) is 0 Å². The van der Waals surface area contributed by atoms with Gasteiger partial charge < -0.3 is 5.11 Å².